The number of halogens is 2. The Bertz CT molecular complexity index is 910. The van der Waals surface area contributed by atoms with E-state index in [4.69, 9.17) is 42.3 Å². The Kier molecular flexibility index (Phi) is 10.4. The molecule has 0 saturated heterocycles. The molecule has 0 unspecified atom stereocenters. The van der Waals surface area contributed by atoms with Gasteiger partial charge in [-0.2, -0.15) is 0 Å². The van der Waals surface area contributed by atoms with Crippen LogP contribution in [0.25, 0.3) is 0 Å². The molecule has 0 spiro atoms. The Hall–Kier alpha value is -2.63. The summed E-state index contributed by atoms with van der Waals surface area (Å²) in [6, 6.07) is 14.7. The highest BCUT2D eigenvalue weighted by atomic mass is 35.5. The van der Waals surface area contributed by atoms with Gasteiger partial charge in [-0.15, -0.1) is 0 Å². The molecule has 172 valence electrons. The Morgan fingerprint density at radius 3 is 1.88 bits per heavy atom. The van der Waals surface area contributed by atoms with E-state index in [1.165, 1.54) is 0 Å². The SMILES string of the molecule is CC=CCON=C(COc1ccc(Oc2ccc(OCC=C(Cl)Cl)cc2)cc1)C(C)(C)C. The van der Waals surface area contributed by atoms with Crippen LogP contribution in [0.5, 0.6) is 23.0 Å². The minimum absolute atomic E-state index is 0.165. The molecule has 0 heterocycles. The lowest BCUT2D eigenvalue weighted by Gasteiger charge is -2.21. The summed E-state index contributed by atoms with van der Waals surface area (Å²) in [6.45, 7) is 9.24. The zero-order chi connectivity index (χ0) is 23.4. The summed E-state index contributed by atoms with van der Waals surface area (Å²) < 4.78 is 17.5. The molecule has 2 rings (SSSR count). The molecule has 0 aromatic heterocycles. The highest BCUT2D eigenvalue weighted by molar-refractivity contribution is 6.55. The van der Waals surface area contributed by atoms with E-state index in [9.17, 15) is 0 Å². The van der Waals surface area contributed by atoms with Gasteiger partial charge in [0, 0.05) is 5.41 Å². The van der Waals surface area contributed by atoms with E-state index in [-0.39, 0.29) is 9.91 Å². The lowest BCUT2D eigenvalue weighted by Crippen LogP contribution is -2.27. The van der Waals surface area contributed by atoms with Gasteiger partial charge in [-0.25, -0.2) is 0 Å². The van der Waals surface area contributed by atoms with E-state index < -0.39 is 0 Å². The van der Waals surface area contributed by atoms with Crippen LogP contribution in [0, 0.1) is 5.41 Å². The summed E-state index contributed by atoms with van der Waals surface area (Å²) in [5, 5.41) is 4.24. The van der Waals surface area contributed by atoms with Gasteiger partial charge in [0.1, 0.15) is 47.3 Å². The molecule has 0 aliphatic carbocycles. The maximum Gasteiger partial charge on any atom is 0.135 e. The summed E-state index contributed by atoms with van der Waals surface area (Å²) in [4.78, 5) is 5.35. The van der Waals surface area contributed by atoms with Gasteiger partial charge < -0.3 is 19.0 Å². The summed E-state index contributed by atoms with van der Waals surface area (Å²) >= 11 is 11.1. The van der Waals surface area contributed by atoms with Gasteiger partial charge in [0.2, 0.25) is 0 Å². The third-order valence-electron chi connectivity index (χ3n) is 4.19. The number of allylic oxidation sites excluding steroid dienone is 1. The number of nitrogens with zero attached hydrogens (tertiary/aromatic N) is 1. The minimum Gasteiger partial charge on any atom is -0.489 e. The third kappa shape index (κ3) is 9.67. The van der Waals surface area contributed by atoms with Crippen molar-refractivity contribution in [2.75, 3.05) is 19.8 Å². The Balaban J connectivity index is 1.90. The van der Waals surface area contributed by atoms with Gasteiger partial charge in [0.15, 0.2) is 0 Å². The highest BCUT2D eigenvalue weighted by Crippen LogP contribution is 2.26. The second-order valence-corrected chi connectivity index (χ2v) is 8.80. The molecule has 0 bridgehead atoms. The quantitative estimate of drug-likeness (QED) is 0.145. The zero-order valence-electron chi connectivity index (χ0n) is 18.8. The molecule has 0 fully saturated rings. The smallest absolute Gasteiger partial charge is 0.135 e. The minimum atomic E-state index is -0.165. The van der Waals surface area contributed by atoms with Gasteiger partial charge in [-0.1, -0.05) is 55.2 Å². The van der Waals surface area contributed by atoms with Crippen LogP contribution in [0.4, 0.5) is 0 Å². The molecule has 0 N–H and O–H groups in total. The van der Waals surface area contributed by atoms with Gasteiger partial charge in [-0.05, 0) is 67.6 Å². The van der Waals surface area contributed by atoms with Gasteiger partial charge in [-0.3, -0.25) is 0 Å². The molecule has 0 atom stereocenters. The van der Waals surface area contributed by atoms with Crippen LogP contribution in [-0.4, -0.2) is 25.5 Å². The van der Waals surface area contributed by atoms with E-state index in [0.29, 0.717) is 37.1 Å². The van der Waals surface area contributed by atoms with Crippen LogP contribution < -0.4 is 14.2 Å². The topological polar surface area (TPSA) is 49.3 Å². The second kappa shape index (κ2) is 13.0. The standard InChI is InChI=1S/C25H29Cl2NO4/c1-5-6-16-31-28-23(25(2,3)4)18-30-20-9-13-22(14-10-20)32-21-11-7-19(8-12-21)29-17-15-24(26)27/h5-15H,16-18H2,1-4H3. The van der Waals surface area contributed by atoms with Crippen molar-refractivity contribution in [3.8, 4) is 23.0 Å². The maximum absolute atomic E-state index is 5.90. The molecule has 2 aromatic rings. The van der Waals surface area contributed by atoms with Crippen molar-refractivity contribution < 1.29 is 19.0 Å². The molecule has 0 aliphatic rings. The Morgan fingerprint density at radius 2 is 1.38 bits per heavy atom. The van der Waals surface area contributed by atoms with Gasteiger partial charge >= 0.3 is 0 Å². The van der Waals surface area contributed by atoms with Crippen LogP contribution in [0.1, 0.15) is 27.7 Å². The molecule has 0 amide bonds. The van der Waals surface area contributed by atoms with Crippen molar-refractivity contribution in [3.05, 3.63) is 71.3 Å². The molecule has 32 heavy (non-hydrogen) atoms. The van der Waals surface area contributed by atoms with Crippen LogP contribution in [0.3, 0.4) is 0 Å². The van der Waals surface area contributed by atoms with E-state index in [1.54, 1.807) is 6.08 Å². The van der Waals surface area contributed by atoms with Crippen molar-refractivity contribution in [3.63, 3.8) is 0 Å². The van der Waals surface area contributed by atoms with Crippen LogP contribution in [-0.2, 0) is 4.84 Å². The van der Waals surface area contributed by atoms with Crippen molar-refractivity contribution >= 4 is 28.9 Å². The summed E-state index contributed by atoms with van der Waals surface area (Å²) in [7, 11) is 0. The van der Waals surface area contributed by atoms with Crippen LogP contribution >= 0.6 is 23.2 Å². The Morgan fingerprint density at radius 1 is 0.844 bits per heavy atom. The molecular weight excluding hydrogens is 449 g/mol. The summed E-state index contributed by atoms with van der Waals surface area (Å²) in [5.74, 6) is 2.80. The van der Waals surface area contributed by atoms with Crippen molar-refractivity contribution in [1.82, 2.24) is 0 Å². The van der Waals surface area contributed by atoms with Gasteiger partial charge in [0.25, 0.3) is 0 Å². The first-order chi connectivity index (χ1) is 15.3. The largest absolute Gasteiger partial charge is 0.489 e. The summed E-state index contributed by atoms with van der Waals surface area (Å²) in [6.07, 6.45) is 5.40. The second-order valence-electron chi connectivity index (χ2n) is 7.79. The first kappa shape index (κ1) is 25.6. The first-order valence-electron chi connectivity index (χ1n) is 10.2. The van der Waals surface area contributed by atoms with Crippen molar-refractivity contribution in [2.24, 2.45) is 10.6 Å². The number of rotatable bonds is 11. The molecule has 2 aromatic carbocycles. The number of benzene rings is 2. The predicted octanol–water partition coefficient (Wildman–Crippen LogP) is 7.55. The number of hydrogen-bond donors (Lipinski definition) is 0. The fraction of sp³-hybridized carbons (Fsp3) is 0.320. The molecule has 7 heteroatoms. The molecule has 0 aliphatic heterocycles. The fourth-order valence-electron chi connectivity index (χ4n) is 2.33. The average molecular weight is 478 g/mol. The monoisotopic (exact) mass is 477 g/mol. The van der Waals surface area contributed by atoms with Gasteiger partial charge in [0.05, 0.1) is 5.71 Å². The number of oxime groups is 1. The molecular formula is C25H29Cl2NO4. The van der Waals surface area contributed by atoms with E-state index in [2.05, 4.69) is 25.9 Å². The lowest BCUT2D eigenvalue weighted by atomic mass is 9.90. The molecule has 0 saturated carbocycles. The van der Waals surface area contributed by atoms with E-state index >= 15 is 0 Å². The van der Waals surface area contributed by atoms with E-state index in [0.717, 1.165) is 11.5 Å². The van der Waals surface area contributed by atoms with Crippen LogP contribution in [0.2, 0.25) is 0 Å². The zero-order valence-corrected chi connectivity index (χ0v) is 20.3. The first-order valence-corrected chi connectivity index (χ1v) is 11.0. The Labute approximate surface area is 200 Å². The number of hydrogen-bond acceptors (Lipinski definition) is 5. The highest BCUT2D eigenvalue weighted by Gasteiger charge is 2.20. The average Bonchev–Trinajstić information content (AvgIpc) is 2.74. The number of ether oxygens (including phenoxy) is 3. The normalized spacial score (nSPS) is 11.9. The summed E-state index contributed by atoms with van der Waals surface area (Å²) in [5.41, 5.74) is 0.662. The maximum atomic E-state index is 5.90. The third-order valence-corrected chi connectivity index (χ3v) is 4.50. The lowest BCUT2D eigenvalue weighted by molar-refractivity contribution is 0.167. The fourth-order valence-corrected chi connectivity index (χ4v) is 2.46. The molecule has 5 nitrogen and oxygen atoms in total. The van der Waals surface area contributed by atoms with E-state index in [1.807, 2.05) is 67.6 Å². The predicted molar refractivity (Wildman–Crippen MR) is 131 cm³/mol. The molecule has 0 radical (unpaired) electrons. The van der Waals surface area contributed by atoms with Crippen LogP contribution in [0.15, 0.2) is 76.4 Å². The van der Waals surface area contributed by atoms with Crippen molar-refractivity contribution in [2.45, 2.75) is 27.7 Å². The van der Waals surface area contributed by atoms with Crippen molar-refractivity contribution in [1.29, 1.82) is 0 Å².